The first-order valence-electron chi connectivity index (χ1n) is 10.1. The zero-order chi connectivity index (χ0) is 22.4. The molecule has 2 heterocycles. The fraction of sp³-hybridized carbons (Fsp3) is 0.250. The third-order valence-electron chi connectivity index (χ3n) is 5.17. The molecule has 0 spiro atoms. The third kappa shape index (κ3) is 4.18. The number of fused-ring (bicyclic) bond motifs is 1. The van der Waals surface area contributed by atoms with Gasteiger partial charge in [0.1, 0.15) is 5.82 Å². The first-order valence-corrected chi connectivity index (χ1v) is 11.6. The number of aromatic nitrogens is 3. The normalized spacial score (nSPS) is 12.3. The maximum absolute atomic E-state index is 13.1. The van der Waals surface area contributed by atoms with Crippen LogP contribution in [0.5, 0.6) is 0 Å². The van der Waals surface area contributed by atoms with Crippen LogP contribution in [0.3, 0.4) is 0 Å². The Hall–Kier alpha value is -3.19. The second-order valence-corrected chi connectivity index (χ2v) is 10.5. The number of anilines is 1. The van der Waals surface area contributed by atoms with E-state index in [9.17, 15) is 8.42 Å². The molecule has 0 atom stereocenters. The van der Waals surface area contributed by atoms with E-state index in [1.54, 1.807) is 29.1 Å². The first kappa shape index (κ1) is 21.1. The largest absolute Gasteiger partial charge is 0.263 e. The number of aryl methyl sites for hydroxylation is 2. The van der Waals surface area contributed by atoms with E-state index in [1.807, 2.05) is 50.2 Å². The molecule has 0 saturated carbocycles. The van der Waals surface area contributed by atoms with Crippen LogP contribution in [0.4, 0.5) is 5.82 Å². The fourth-order valence-corrected chi connectivity index (χ4v) is 4.59. The highest BCUT2D eigenvalue weighted by atomic mass is 32.2. The summed E-state index contributed by atoms with van der Waals surface area (Å²) in [5.41, 5.74) is 4.35. The van der Waals surface area contributed by atoms with Crippen molar-refractivity contribution in [3.63, 3.8) is 0 Å². The summed E-state index contributed by atoms with van der Waals surface area (Å²) in [6.07, 6.45) is 1.74. The van der Waals surface area contributed by atoms with E-state index >= 15 is 0 Å². The first-order chi connectivity index (χ1) is 14.5. The summed E-state index contributed by atoms with van der Waals surface area (Å²) >= 11 is 0. The van der Waals surface area contributed by atoms with E-state index in [-0.39, 0.29) is 10.3 Å². The second-order valence-electron chi connectivity index (χ2n) is 8.82. The molecule has 2 aromatic carbocycles. The minimum atomic E-state index is -3.78. The molecule has 0 bridgehead atoms. The van der Waals surface area contributed by atoms with Crippen LogP contribution in [0.1, 0.15) is 37.6 Å². The van der Waals surface area contributed by atoms with Crippen LogP contribution in [-0.2, 0) is 15.4 Å². The molecule has 0 aliphatic rings. The van der Waals surface area contributed by atoms with E-state index in [1.165, 1.54) is 0 Å². The standard InChI is InChI=1S/C24H26N4O2S/c1-16-13-21-20(7-6-12-25-21)22(14-16)28-23(15-17(2)26-28)27-31(29,30)19-10-8-18(9-11-19)24(3,4)5/h6-15,27H,1-5H3. The van der Waals surface area contributed by atoms with Crippen LogP contribution in [-0.4, -0.2) is 23.2 Å². The van der Waals surface area contributed by atoms with Crippen molar-refractivity contribution >= 4 is 26.7 Å². The van der Waals surface area contributed by atoms with E-state index in [2.05, 4.69) is 35.6 Å². The van der Waals surface area contributed by atoms with Crippen molar-refractivity contribution in [2.75, 3.05) is 4.72 Å². The van der Waals surface area contributed by atoms with Crippen LogP contribution < -0.4 is 4.72 Å². The van der Waals surface area contributed by atoms with Gasteiger partial charge in [-0.25, -0.2) is 13.1 Å². The molecular weight excluding hydrogens is 408 g/mol. The van der Waals surface area contributed by atoms with Gasteiger partial charge in [-0.1, -0.05) is 32.9 Å². The summed E-state index contributed by atoms with van der Waals surface area (Å²) < 4.78 is 30.6. The van der Waals surface area contributed by atoms with Gasteiger partial charge in [-0.05, 0) is 66.8 Å². The van der Waals surface area contributed by atoms with Crippen LogP contribution in [0.15, 0.2) is 65.7 Å². The SMILES string of the molecule is Cc1cc(-n2nc(C)cc2NS(=O)(=O)c2ccc(C(C)(C)C)cc2)c2cccnc2c1. The van der Waals surface area contributed by atoms with Gasteiger partial charge in [0.15, 0.2) is 0 Å². The van der Waals surface area contributed by atoms with Crippen molar-refractivity contribution in [1.29, 1.82) is 0 Å². The highest BCUT2D eigenvalue weighted by Gasteiger charge is 2.21. The summed E-state index contributed by atoms with van der Waals surface area (Å²) in [5.74, 6) is 0.383. The maximum Gasteiger partial charge on any atom is 0.263 e. The molecule has 0 radical (unpaired) electrons. The van der Waals surface area contributed by atoms with Gasteiger partial charge in [-0.2, -0.15) is 5.10 Å². The lowest BCUT2D eigenvalue weighted by Crippen LogP contribution is -2.17. The Morgan fingerprint density at radius 2 is 1.68 bits per heavy atom. The predicted molar refractivity (Wildman–Crippen MR) is 124 cm³/mol. The molecular formula is C24H26N4O2S. The third-order valence-corrected chi connectivity index (χ3v) is 6.54. The Bertz CT molecular complexity index is 1370. The molecule has 0 unspecified atom stereocenters. The number of hydrogen-bond donors (Lipinski definition) is 1. The number of nitrogens with one attached hydrogen (secondary N) is 1. The minimum Gasteiger partial charge on any atom is -0.263 e. The fourth-order valence-electron chi connectivity index (χ4n) is 3.56. The van der Waals surface area contributed by atoms with Crippen molar-refractivity contribution in [3.8, 4) is 5.69 Å². The van der Waals surface area contributed by atoms with Gasteiger partial charge in [0.25, 0.3) is 10.0 Å². The van der Waals surface area contributed by atoms with Crippen LogP contribution >= 0.6 is 0 Å². The summed E-state index contributed by atoms with van der Waals surface area (Å²) in [4.78, 5) is 4.64. The average molecular weight is 435 g/mol. The Labute approximate surface area is 183 Å². The lowest BCUT2D eigenvalue weighted by Gasteiger charge is -2.19. The van der Waals surface area contributed by atoms with Crippen LogP contribution in [0.25, 0.3) is 16.6 Å². The number of nitrogens with zero attached hydrogens (tertiary/aromatic N) is 3. The molecule has 1 N–H and O–H groups in total. The predicted octanol–water partition coefficient (Wildman–Crippen LogP) is 5.14. The molecule has 0 aliphatic carbocycles. The zero-order valence-corrected chi connectivity index (χ0v) is 19.2. The van der Waals surface area contributed by atoms with E-state index in [4.69, 9.17) is 0 Å². The second kappa shape index (κ2) is 7.50. The van der Waals surface area contributed by atoms with Crippen molar-refractivity contribution in [3.05, 3.63) is 77.6 Å². The zero-order valence-electron chi connectivity index (χ0n) is 18.3. The van der Waals surface area contributed by atoms with E-state index in [0.29, 0.717) is 11.5 Å². The summed E-state index contributed by atoms with van der Waals surface area (Å²) in [6, 6.07) is 16.5. The minimum absolute atomic E-state index is 0.0499. The Kier molecular flexibility index (Phi) is 5.09. The number of hydrogen-bond acceptors (Lipinski definition) is 4. The van der Waals surface area contributed by atoms with Gasteiger partial charge in [0.05, 0.1) is 21.8 Å². The lowest BCUT2D eigenvalue weighted by molar-refractivity contribution is 0.587. The van der Waals surface area contributed by atoms with Crippen LogP contribution in [0, 0.1) is 13.8 Å². The smallest absolute Gasteiger partial charge is 0.263 e. The molecule has 0 fully saturated rings. The molecule has 6 nitrogen and oxygen atoms in total. The molecule has 0 saturated heterocycles. The molecule has 2 aromatic heterocycles. The van der Waals surface area contributed by atoms with Crippen molar-refractivity contribution < 1.29 is 8.42 Å². The van der Waals surface area contributed by atoms with E-state index in [0.717, 1.165) is 27.7 Å². The van der Waals surface area contributed by atoms with Gasteiger partial charge < -0.3 is 0 Å². The van der Waals surface area contributed by atoms with E-state index < -0.39 is 10.0 Å². The van der Waals surface area contributed by atoms with Crippen LogP contribution in [0.2, 0.25) is 0 Å². The van der Waals surface area contributed by atoms with Crippen molar-refractivity contribution in [2.24, 2.45) is 0 Å². The van der Waals surface area contributed by atoms with Gasteiger partial charge in [0, 0.05) is 17.6 Å². The van der Waals surface area contributed by atoms with Gasteiger partial charge in [-0.15, -0.1) is 0 Å². The number of sulfonamides is 1. The topological polar surface area (TPSA) is 76.9 Å². The molecule has 160 valence electrons. The molecule has 31 heavy (non-hydrogen) atoms. The van der Waals surface area contributed by atoms with Gasteiger partial charge in [-0.3, -0.25) is 9.71 Å². The molecule has 4 rings (SSSR count). The average Bonchev–Trinajstić information content (AvgIpc) is 3.06. The quantitative estimate of drug-likeness (QED) is 0.483. The Balaban J connectivity index is 1.77. The van der Waals surface area contributed by atoms with Gasteiger partial charge >= 0.3 is 0 Å². The molecule has 7 heteroatoms. The number of pyridine rings is 1. The highest BCUT2D eigenvalue weighted by Crippen LogP contribution is 2.28. The number of rotatable bonds is 4. The summed E-state index contributed by atoms with van der Waals surface area (Å²) in [6.45, 7) is 10.1. The van der Waals surface area contributed by atoms with Gasteiger partial charge in [0.2, 0.25) is 0 Å². The lowest BCUT2D eigenvalue weighted by atomic mass is 9.87. The summed E-state index contributed by atoms with van der Waals surface area (Å²) in [5, 5.41) is 5.45. The highest BCUT2D eigenvalue weighted by molar-refractivity contribution is 7.92. The van der Waals surface area contributed by atoms with Crippen molar-refractivity contribution in [1.82, 2.24) is 14.8 Å². The summed E-state index contributed by atoms with van der Waals surface area (Å²) in [7, 11) is -3.78. The molecule has 0 aliphatic heterocycles. The molecule has 4 aromatic rings. The number of benzene rings is 2. The monoisotopic (exact) mass is 434 g/mol. The molecule has 0 amide bonds. The Morgan fingerprint density at radius 3 is 2.35 bits per heavy atom. The van der Waals surface area contributed by atoms with Crippen molar-refractivity contribution in [2.45, 2.75) is 44.9 Å². The maximum atomic E-state index is 13.1. The Morgan fingerprint density at radius 1 is 0.968 bits per heavy atom.